The number of carbonyl (C=O) groups is 1. The second-order valence-corrected chi connectivity index (χ2v) is 5.01. The van der Waals surface area contributed by atoms with E-state index in [-0.39, 0.29) is 12.1 Å². The second kappa shape index (κ2) is 5.82. The lowest BCUT2D eigenvalue weighted by molar-refractivity contribution is 0.186. The molecule has 0 unspecified atom stereocenters. The number of nitrogens with zero attached hydrogens (tertiary/aromatic N) is 1. The third kappa shape index (κ3) is 2.69. The number of benzene rings is 1. The van der Waals surface area contributed by atoms with Gasteiger partial charge in [0.15, 0.2) is 0 Å². The van der Waals surface area contributed by atoms with Gasteiger partial charge in [-0.05, 0) is 30.5 Å². The van der Waals surface area contributed by atoms with Gasteiger partial charge in [-0.2, -0.15) is 0 Å². The minimum absolute atomic E-state index is 0.0206. The lowest BCUT2D eigenvalue weighted by Crippen LogP contribution is -2.39. The van der Waals surface area contributed by atoms with Gasteiger partial charge in [-0.3, -0.25) is 0 Å². The Morgan fingerprint density at radius 2 is 2.10 bits per heavy atom. The van der Waals surface area contributed by atoms with Crippen LogP contribution < -0.4 is 5.32 Å². The number of carbonyl (C=O) groups excluding carboxylic acids is 1. The molecule has 2 heterocycles. The predicted octanol–water partition coefficient (Wildman–Crippen LogP) is 3.33. The summed E-state index contributed by atoms with van der Waals surface area (Å²) in [7, 11) is 0. The van der Waals surface area contributed by atoms with Crippen molar-refractivity contribution >= 4 is 6.03 Å². The van der Waals surface area contributed by atoms with E-state index >= 15 is 0 Å². The fraction of sp³-hybridized carbons (Fsp3) is 0.312. The smallest absolute Gasteiger partial charge is 0.318 e. The van der Waals surface area contributed by atoms with Crippen LogP contribution in [-0.4, -0.2) is 17.5 Å². The number of amides is 2. The van der Waals surface area contributed by atoms with Crippen LogP contribution in [0, 0.1) is 0 Å². The van der Waals surface area contributed by atoms with Gasteiger partial charge < -0.3 is 14.6 Å². The van der Waals surface area contributed by atoms with E-state index in [1.807, 2.05) is 47.4 Å². The van der Waals surface area contributed by atoms with Crippen molar-refractivity contribution in [3.05, 3.63) is 60.1 Å². The Morgan fingerprint density at radius 1 is 1.25 bits per heavy atom. The molecule has 1 atom stereocenters. The van der Waals surface area contributed by atoms with Gasteiger partial charge in [-0.1, -0.05) is 30.3 Å². The summed E-state index contributed by atoms with van der Waals surface area (Å²) in [6.45, 7) is 1.34. The molecule has 1 aliphatic rings. The maximum absolute atomic E-state index is 12.3. The summed E-state index contributed by atoms with van der Waals surface area (Å²) >= 11 is 0. The highest BCUT2D eigenvalue weighted by Crippen LogP contribution is 2.31. The van der Waals surface area contributed by atoms with Crippen molar-refractivity contribution in [2.75, 3.05) is 6.54 Å². The first kappa shape index (κ1) is 12.8. The predicted molar refractivity (Wildman–Crippen MR) is 76.1 cm³/mol. The van der Waals surface area contributed by atoms with Crippen molar-refractivity contribution in [1.82, 2.24) is 10.2 Å². The molecule has 3 rings (SSSR count). The van der Waals surface area contributed by atoms with Crippen LogP contribution in [0.5, 0.6) is 0 Å². The fourth-order valence-corrected chi connectivity index (χ4v) is 2.66. The zero-order valence-electron chi connectivity index (χ0n) is 11.3. The molecule has 104 valence electrons. The van der Waals surface area contributed by atoms with Crippen molar-refractivity contribution in [3.63, 3.8) is 0 Å². The van der Waals surface area contributed by atoms with Gasteiger partial charge in [0, 0.05) is 13.1 Å². The minimum Gasteiger partial charge on any atom is -0.467 e. The standard InChI is InChI=1S/C16H18N2O2/c19-16(17-12-13-6-2-1-3-7-13)18-10-4-8-14(18)15-9-5-11-20-15/h1-3,5-7,9,11,14H,4,8,10,12H2,(H,17,19)/t14-/m0/s1. The van der Waals surface area contributed by atoms with Gasteiger partial charge in [-0.25, -0.2) is 4.79 Å². The zero-order valence-corrected chi connectivity index (χ0v) is 11.3. The number of furan rings is 1. The van der Waals surface area contributed by atoms with Gasteiger partial charge in [0.2, 0.25) is 0 Å². The number of nitrogens with one attached hydrogen (secondary N) is 1. The van der Waals surface area contributed by atoms with E-state index in [1.165, 1.54) is 0 Å². The topological polar surface area (TPSA) is 45.5 Å². The third-order valence-electron chi connectivity index (χ3n) is 3.67. The van der Waals surface area contributed by atoms with Crippen molar-refractivity contribution in [3.8, 4) is 0 Å². The molecule has 2 aromatic rings. The molecular weight excluding hydrogens is 252 g/mol. The van der Waals surface area contributed by atoms with Crippen molar-refractivity contribution in [2.45, 2.75) is 25.4 Å². The molecule has 1 aromatic heterocycles. The van der Waals surface area contributed by atoms with Gasteiger partial charge in [0.1, 0.15) is 5.76 Å². The highest BCUT2D eigenvalue weighted by molar-refractivity contribution is 5.75. The Bertz CT molecular complexity index is 551. The van der Waals surface area contributed by atoms with E-state index in [0.29, 0.717) is 6.54 Å². The molecule has 20 heavy (non-hydrogen) atoms. The molecule has 4 nitrogen and oxygen atoms in total. The normalized spacial score (nSPS) is 18.2. The van der Waals surface area contributed by atoms with Gasteiger partial charge in [0.05, 0.1) is 12.3 Å². The molecular formula is C16H18N2O2. The van der Waals surface area contributed by atoms with E-state index in [9.17, 15) is 4.79 Å². The molecule has 0 spiro atoms. The van der Waals surface area contributed by atoms with Crippen LogP contribution in [0.15, 0.2) is 53.1 Å². The lowest BCUT2D eigenvalue weighted by Gasteiger charge is -2.23. The molecule has 4 heteroatoms. The molecule has 0 radical (unpaired) electrons. The fourth-order valence-electron chi connectivity index (χ4n) is 2.66. The number of hydrogen-bond acceptors (Lipinski definition) is 2. The Kier molecular flexibility index (Phi) is 3.72. The average Bonchev–Trinajstić information content (AvgIpc) is 3.15. The molecule has 2 amide bonds. The first-order valence-corrected chi connectivity index (χ1v) is 6.96. The summed E-state index contributed by atoms with van der Waals surface area (Å²) in [6.07, 6.45) is 3.64. The summed E-state index contributed by atoms with van der Waals surface area (Å²) in [6, 6.07) is 13.8. The minimum atomic E-state index is -0.0206. The first-order valence-electron chi connectivity index (χ1n) is 6.96. The van der Waals surface area contributed by atoms with E-state index in [2.05, 4.69) is 5.32 Å². The summed E-state index contributed by atoms with van der Waals surface area (Å²) in [4.78, 5) is 14.2. The van der Waals surface area contributed by atoms with Gasteiger partial charge in [0.25, 0.3) is 0 Å². The Labute approximate surface area is 118 Å². The van der Waals surface area contributed by atoms with E-state index in [4.69, 9.17) is 4.42 Å². The number of hydrogen-bond donors (Lipinski definition) is 1. The molecule has 1 aromatic carbocycles. The largest absolute Gasteiger partial charge is 0.467 e. The number of urea groups is 1. The van der Waals surface area contributed by atoms with E-state index in [1.54, 1.807) is 6.26 Å². The quantitative estimate of drug-likeness (QED) is 0.929. The molecule has 1 fully saturated rings. The molecule has 0 bridgehead atoms. The third-order valence-corrected chi connectivity index (χ3v) is 3.67. The Balaban J connectivity index is 1.62. The Morgan fingerprint density at radius 3 is 2.85 bits per heavy atom. The van der Waals surface area contributed by atoms with Crippen molar-refractivity contribution < 1.29 is 9.21 Å². The number of likely N-dealkylation sites (tertiary alicyclic amines) is 1. The second-order valence-electron chi connectivity index (χ2n) is 5.01. The molecule has 1 saturated heterocycles. The van der Waals surface area contributed by atoms with E-state index in [0.717, 1.165) is 30.7 Å². The van der Waals surface area contributed by atoms with Crippen molar-refractivity contribution in [2.24, 2.45) is 0 Å². The molecule has 1 N–H and O–H groups in total. The van der Waals surface area contributed by atoms with Gasteiger partial charge >= 0.3 is 6.03 Å². The SMILES string of the molecule is O=C(NCc1ccccc1)N1CCC[C@H]1c1ccco1. The summed E-state index contributed by atoms with van der Waals surface area (Å²) < 4.78 is 5.44. The Hall–Kier alpha value is -2.23. The molecule has 0 aliphatic carbocycles. The highest BCUT2D eigenvalue weighted by Gasteiger charge is 2.31. The zero-order chi connectivity index (χ0) is 13.8. The van der Waals surface area contributed by atoms with Crippen LogP contribution >= 0.6 is 0 Å². The van der Waals surface area contributed by atoms with Gasteiger partial charge in [-0.15, -0.1) is 0 Å². The summed E-state index contributed by atoms with van der Waals surface area (Å²) in [5.74, 6) is 0.873. The van der Waals surface area contributed by atoms with Crippen molar-refractivity contribution in [1.29, 1.82) is 0 Å². The average molecular weight is 270 g/mol. The number of rotatable bonds is 3. The first-order chi connectivity index (χ1) is 9.84. The molecule has 1 aliphatic heterocycles. The van der Waals surface area contributed by atoms with Crippen LogP contribution in [0.2, 0.25) is 0 Å². The lowest BCUT2D eigenvalue weighted by atomic mass is 10.2. The molecule has 0 saturated carbocycles. The highest BCUT2D eigenvalue weighted by atomic mass is 16.3. The van der Waals surface area contributed by atoms with Crippen LogP contribution in [0.1, 0.15) is 30.2 Å². The maximum atomic E-state index is 12.3. The van der Waals surface area contributed by atoms with Crippen LogP contribution in [-0.2, 0) is 6.54 Å². The monoisotopic (exact) mass is 270 g/mol. The van der Waals surface area contributed by atoms with Crippen LogP contribution in [0.3, 0.4) is 0 Å². The van der Waals surface area contributed by atoms with Crippen LogP contribution in [0.4, 0.5) is 4.79 Å². The van der Waals surface area contributed by atoms with Crippen LogP contribution in [0.25, 0.3) is 0 Å². The summed E-state index contributed by atoms with van der Waals surface area (Å²) in [5, 5.41) is 2.98. The van der Waals surface area contributed by atoms with E-state index < -0.39 is 0 Å². The maximum Gasteiger partial charge on any atom is 0.318 e. The summed E-state index contributed by atoms with van der Waals surface area (Å²) in [5.41, 5.74) is 1.11.